The van der Waals surface area contributed by atoms with Gasteiger partial charge in [0.05, 0.1) is 13.2 Å². The quantitative estimate of drug-likeness (QED) is 0.250. The molecule has 0 bridgehead atoms. The zero-order chi connectivity index (χ0) is 32.3. The second-order valence-corrected chi connectivity index (χ2v) is 7.20. The number of ether oxygens (including phenoxy) is 1. The van der Waals surface area contributed by atoms with Crippen LogP contribution in [0.1, 0.15) is 0 Å². The van der Waals surface area contributed by atoms with E-state index in [0.717, 1.165) is 0 Å². The molecule has 25 heteroatoms. The Morgan fingerprint density at radius 1 is 0.410 bits per heavy atom. The zero-order valence-electron chi connectivity index (χ0n) is 17.3. The molecule has 0 heterocycles. The Balaban J connectivity index is 7.01. The molecule has 0 rings (SSSR count). The maximum absolute atomic E-state index is 13.6. The molecular weight excluding hydrogens is 631 g/mol. The van der Waals surface area contributed by atoms with Crippen LogP contribution in [0.5, 0.6) is 0 Å². The fraction of sp³-hybridized carbons (Fsp3) is 1.00. The van der Waals surface area contributed by atoms with E-state index < -0.39 is 85.1 Å². The van der Waals surface area contributed by atoms with Crippen LogP contribution in [0, 0.1) is 0 Å². The standard InChI is InChI=1S/C14H9F21O4/c15-5(16,7(19,20)9(23,24)11(27,28)13(31,32)33)6(17,18)8(21,22)10(25,26)12(29,30)14(34,35)39-4(2-37)3(38)1-36/h3-4,36-38H,1-2H2. The van der Waals surface area contributed by atoms with Crippen LogP contribution in [0.25, 0.3) is 0 Å². The summed E-state index contributed by atoms with van der Waals surface area (Å²) in [5.74, 6) is -71.7. The number of aliphatic hydroxyl groups excluding tert-OH is 3. The van der Waals surface area contributed by atoms with Crippen LogP contribution in [0.2, 0.25) is 0 Å². The Hall–Kier alpha value is -1.63. The van der Waals surface area contributed by atoms with E-state index in [4.69, 9.17) is 15.3 Å². The first-order valence-electron chi connectivity index (χ1n) is 8.70. The Bertz CT molecular complexity index is 850. The summed E-state index contributed by atoms with van der Waals surface area (Å²) in [4.78, 5) is 0. The van der Waals surface area contributed by atoms with E-state index in [2.05, 4.69) is 4.74 Å². The first-order chi connectivity index (χ1) is 16.7. The zero-order valence-corrected chi connectivity index (χ0v) is 17.3. The predicted molar refractivity (Wildman–Crippen MR) is 75.6 cm³/mol. The minimum Gasteiger partial charge on any atom is -0.394 e. The molecule has 2 atom stereocenters. The molecule has 2 unspecified atom stereocenters. The number of rotatable bonds is 13. The van der Waals surface area contributed by atoms with E-state index in [-0.39, 0.29) is 0 Å². The molecule has 0 fully saturated rings. The number of halogens is 21. The molecule has 0 radical (unpaired) electrons. The molecule has 0 aromatic carbocycles. The van der Waals surface area contributed by atoms with Gasteiger partial charge in [0.2, 0.25) is 0 Å². The molecule has 0 aliphatic rings. The van der Waals surface area contributed by atoms with Crippen LogP contribution in [0.3, 0.4) is 0 Å². The van der Waals surface area contributed by atoms with Crippen molar-refractivity contribution >= 4 is 0 Å². The highest BCUT2D eigenvalue weighted by atomic mass is 19.4. The van der Waals surface area contributed by atoms with Gasteiger partial charge in [0.1, 0.15) is 12.2 Å². The highest BCUT2D eigenvalue weighted by molar-refractivity contribution is 5.17. The van der Waals surface area contributed by atoms with Crippen molar-refractivity contribution in [2.24, 2.45) is 0 Å². The summed E-state index contributed by atoms with van der Waals surface area (Å²) in [7, 11) is 0. The van der Waals surface area contributed by atoms with E-state index in [9.17, 15) is 92.2 Å². The van der Waals surface area contributed by atoms with Crippen LogP contribution in [0.15, 0.2) is 0 Å². The molecule has 0 spiro atoms. The first kappa shape index (κ1) is 37.4. The third-order valence-electron chi connectivity index (χ3n) is 4.58. The summed E-state index contributed by atoms with van der Waals surface area (Å²) in [6.07, 6.45) is -21.9. The molecule has 0 aliphatic carbocycles. The monoisotopic (exact) mass is 640 g/mol. The Kier molecular flexibility index (Phi) is 9.61. The predicted octanol–water partition coefficient (Wildman–Crippen LogP) is 4.95. The third-order valence-corrected chi connectivity index (χ3v) is 4.58. The van der Waals surface area contributed by atoms with Gasteiger partial charge in [-0.15, -0.1) is 0 Å². The molecule has 39 heavy (non-hydrogen) atoms. The van der Waals surface area contributed by atoms with Crippen molar-refractivity contribution < 1.29 is 112 Å². The van der Waals surface area contributed by atoms with E-state index in [1.807, 2.05) is 0 Å². The normalized spacial score (nSPS) is 17.8. The lowest BCUT2D eigenvalue weighted by molar-refractivity contribution is -0.487. The van der Waals surface area contributed by atoms with Gasteiger partial charge in [-0.25, -0.2) is 0 Å². The van der Waals surface area contributed by atoms with Crippen molar-refractivity contribution in [3.05, 3.63) is 0 Å². The highest BCUT2D eigenvalue weighted by Crippen LogP contribution is 2.66. The Morgan fingerprint density at radius 2 is 0.667 bits per heavy atom. The first-order valence-corrected chi connectivity index (χ1v) is 8.70. The van der Waals surface area contributed by atoms with E-state index in [0.29, 0.717) is 0 Å². The molecule has 0 aliphatic heterocycles. The molecule has 0 aromatic rings. The number of hydrogen-bond acceptors (Lipinski definition) is 4. The Morgan fingerprint density at radius 3 is 0.897 bits per heavy atom. The largest absolute Gasteiger partial charge is 0.460 e. The minimum atomic E-state index is -9.29. The van der Waals surface area contributed by atoms with Gasteiger partial charge in [0, 0.05) is 0 Å². The lowest BCUT2D eigenvalue weighted by atomic mass is 9.87. The van der Waals surface area contributed by atoms with Crippen molar-refractivity contribution in [1.29, 1.82) is 0 Å². The van der Waals surface area contributed by atoms with Crippen molar-refractivity contribution in [3.8, 4) is 0 Å². The van der Waals surface area contributed by atoms with Gasteiger partial charge in [0.25, 0.3) is 0 Å². The fourth-order valence-corrected chi connectivity index (χ4v) is 2.16. The van der Waals surface area contributed by atoms with Crippen LogP contribution < -0.4 is 0 Å². The van der Waals surface area contributed by atoms with Gasteiger partial charge in [0.15, 0.2) is 0 Å². The summed E-state index contributed by atoms with van der Waals surface area (Å²) in [6, 6.07) is 0. The highest BCUT2D eigenvalue weighted by Gasteiger charge is 2.98. The summed E-state index contributed by atoms with van der Waals surface area (Å²) in [6.45, 7) is -4.09. The smallest absolute Gasteiger partial charge is 0.394 e. The van der Waals surface area contributed by atoms with Gasteiger partial charge in [-0.3, -0.25) is 0 Å². The van der Waals surface area contributed by atoms with Gasteiger partial charge in [-0.05, 0) is 0 Å². The van der Waals surface area contributed by atoms with E-state index in [1.54, 1.807) is 0 Å². The van der Waals surface area contributed by atoms with Crippen LogP contribution in [0.4, 0.5) is 92.2 Å². The third kappa shape index (κ3) is 5.04. The van der Waals surface area contributed by atoms with Crippen LogP contribution in [-0.2, 0) is 4.74 Å². The number of aliphatic hydroxyl groups is 3. The topological polar surface area (TPSA) is 69.9 Å². The van der Waals surface area contributed by atoms with E-state index >= 15 is 0 Å². The van der Waals surface area contributed by atoms with Gasteiger partial charge in [-0.1, -0.05) is 0 Å². The average molecular weight is 640 g/mol. The van der Waals surface area contributed by atoms with Gasteiger partial charge in [-0.2, -0.15) is 92.2 Å². The van der Waals surface area contributed by atoms with E-state index in [1.165, 1.54) is 0 Å². The SMILES string of the molecule is OCC(O)C(CO)OC(F)(F)C(F)(F)C(F)(F)C(F)(F)C(F)(F)C(F)(F)C(F)(F)C(F)(F)C(F)(F)C(F)(F)F. The summed E-state index contributed by atoms with van der Waals surface area (Å²) < 4.78 is 280. The molecule has 236 valence electrons. The summed E-state index contributed by atoms with van der Waals surface area (Å²) >= 11 is 0. The lowest BCUT2D eigenvalue weighted by Crippen LogP contribution is -2.77. The molecule has 0 saturated heterocycles. The molecule has 3 N–H and O–H groups in total. The van der Waals surface area contributed by atoms with Crippen molar-refractivity contribution in [2.45, 2.75) is 71.9 Å². The second-order valence-electron chi connectivity index (χ2n) is 7.20. The van der Waals surface area contributed by atoms with Gasteiger partial charge < -0.3 is 20.1 Å². The van der Waals surface area contributed by atoms with Crippen molar-refractivity contribution in [3.63, 3.8) is 0 Å². The summed E-state index contributed by atoms with van der Waals surface area (Å²) in [5.41, 5.74) is 0. The van der Waals surface area contributed by atoms with Crippen LogP contribution in [-0.4, -0.2) is 100 Å². The average Bonchev–Trinajstić information content (AvgIpc) is 2.74. The molecular formula is C14H9F21O4. The molecule has 0 saturated carbocycles. The number of alkyl halides is 21. The van der Waals surface area contributed by atoms with Crippen LogP contribution >= 0.6 is 0 Å². The summed E-state index contributed by atoms with van der Waals surface area (Å²) in [5, 5.41) is 25.8. The Labute approximate surface area is 198 Å². The molecule has 0 amide bonds. The lowest BCUT2D eigenvalue weighted by Gasteiger charge is -2.44. The molecule has 4 nitrogen and oxygen atoms in total. The maximum atomic E-state index is 13.6. The van der Waals surface area contributed by atoms with Crippen molar-refractivity contribution in [2.75, 3.05) is 13.2 Å². The molecule has 0 aromatic heterocycles. The second kappa shape index (κ2) is 10.0. The minimum absolute atomic E-state index is 1.88. The van der Waals surface area contributed by atoms with Crippen molar-refractivity contribution in [1.82, 2.24) is 0 Å². The maximum Gasteiger partial charge on any atom is 0.460 e. The number of hydrogen-bond donors (Lipinski definition) is 3. The fourth-order valence-electron chi connectivity index (χ4n) is 2.16. The van der Waals surface area contributed by atoms with Gasteiger partial charge >= 0.3 is 59.7 Å².